The van der Waals surface area contributed by atoms with E-state index in [1.165, 1.54) is 17.2 Å². The lowest BCUT2D eigenvalue weighted by molar-refractivity contribution is 0.0985. The fourth-order valence-electron chi connectivity index (χ4n) is 2.38. The summed E-state index contributed by atoms with van der Waals surface area (Å²) >= 11 is 0. The number of carbonyl (C=O) groups excluding carboxylic acids is 2. The van der Waals surface area contributed by atoms with Gasteiger partial charge in [0.15, 0.2) is 11.6 Å². The third kappa shape index (κ3) is 3.72. The minimum atomic E-state index is -0.309. The van der Waals surface area contributed by atoms with Crippen LogP contribution >= 0.6 is 0 Å². The van der Waals surface area contributed by atoms with Crippen molar-refractivity contribution >= 4 is 17.4 Å². The fourth-order valence-corrected chi connectivity index (χ4v) is 2.38. The Hall–Kier alpha value is -3.47. The highest BCUT2D eigenvalue weighted by molar-refractivity contribution is 6.08. The molecule has 5 heteroatoms. The first-order valence-electron chi connectivity index (χ1n) is 7.80. The van der Waals surface area contributed by atoms with Gasteiger partial charge in [-0.1, -0.05) is 48.5 Å². The number of anilines is 1. The molecule has 3 rings (SSSR count). The van der Waals surface area contributed by atoms with Crippen molar-refractivity contribution in [1.29, 1.82) is 0 Å². The molecule has 1 amide bonds. The monoisotopic (exact) mass is 331 g/mol. The Morgan fingerprint density at radius 1 is 1.00 bits per heavy atom. The van der Waals surface area contributed by atoms with E-state index in [2.05, 4.69) is 4.98 Å². The van der Waals surface area contributed by atoms with E-state index in [9.17, 15) is 9.59 Å². The quantitative estimate of drug-likeness (QED) is 0.531. The Labute approximate surface area is 145 Å². The number of aromatic nitrogens is 2. The number of hydrogen-bond donors (Lipinski definition) is 0. The zero-order valence-corrected chi connectivity index (χ0v) is 13.7. The van der Waals surface area contributed by atoms with Gasteiger partial charge in [-0.3, -0.25) is 14.5 Å². The van der Waals surface area contributed by atoms with Crippen LogP contribution in [0.15, 0.2) is 85.3 Å². The molecule has 5 nitrogen and oxygen atoms in total. The molecule has 0 aliphatic heterocycles. The number of carbonyl (C=O) groups is 2. The molecule has 0 bridgehead atoms. The van der Waals surface area contributed by atoms with E-state index < -0.39 is 0 Å². The summed E-state index contributed by atoms with van der Waals surface area (Å²) in [6, 6.07) is 18.1. The van der Waals surface area contributed by atoms with Crippen LogP contribution in [0.25, 0.3) is 0 Å². The summed E-state index contributed by atoms with van der Waals surface area (Å²) in [5.74, 6) is -0.189. The van der Waals surface area contributed by atoms with Gasteiger partial charge in [-0.15, -0.1) is 0 Å². The van der Waals surface area contributed by atoms with Crippen molar-refractivity contribution in [1.82, 2.24) is 9.55 Å². The van der Waals surface area contributed by atoms with E-state index in [1.807, 2.05) is 24.3 Å². The predicted molar refractivity (Wildman–Crippen MR) is 96.4 cm³/mol. The van der Waals surface area contributed by atoms with Crippen molar-refractivity contribution in [2.75, 3.05) is 4.90 Å². The number of imidazole rings is 1. The Kier molecular flexibility index (Phi) is 4.85. The topological polar surface area (TPSA) is 55.2 Å². The number of ketones is 1. The average Bonchev–Trinajstić information content (AvgIpc) is 3.09. The van der Waals surface area contributed by atoms with Gasteiger partial charge in [0.2, 0.25) is 0 Å². The van der Waals surface area contributed by atoms with Crippen molar-refractivity contribution in [3.8, 4) is 0 Å². The van der Waals surface area contributed by atoms with E-state index in [4.69, 9.17) is 0 Å². The van der Waals surface area contributed by atoms with Gasteiger partial charge in [-0.25, -0.2) is 4.98 Å². The number of hydrogen-bond acceptors (Lipinski definition) is 3. The molecule has 25 heavy (non-hydrogen) atoms. The van der Waals surface area contributed by atoms with Gasteiger partial charge in [0.25, 0.3) is 5.91 Å². The zero-order chi connectivity index (χ0) is 17.6. The van der Waals surface area contributed by atoms with Gasteiger partial charge in [-0.05, 0) is 12.1 Å². The molecule has 0 aliphatic carbocycles. The fraction of sp³-hybridized carbons (Fsp3) is 0.0500. The lowest BCUT2D eigenvalue weighted by Crippen LogP contribution is -2.28. The molecule has 0 unspecified atom stereocenters. The molecule has 0 radical (unpaired) electrons. The maximum absolute atomic E-state index is 12.9. The summed E-state index contributed by atoms with van der Waals surface area (Å²) < 4.78 is 1.64. The average molecular weight is 331 g/mol. The SMILES string of the molecule is Cn1ccnc1C(=O)N(/C=C/C(=O)c1ccccc1)c1ccccc1. The molecule has 0 saturated heterocycles. The molecule has 0 aliphatic rings. The van der Waals surface area contributed by atoms with Crippen LogP contribution in [0.5, 0.6) is 0 Å². The molecule has 3 aromatic rings. The minimum Gasteiger partial charge on any atom is -0.330 e. The predicted octanol–water partition coefficient (Wildman–Crippen LogP) is 3.46. The lowest BCUT2D eigenvalue weighted by Gasteiger charge is -2.18. The normalized spacial score (nSPS) is 10.8. The van der Waals surface area contributed by atoms with Crippen molar-refractivity contribution in [2.45, 2.75) is 0 Å². The molecule has 0 saturated carbocycles. The zero-order valence-electron chi connectivity index (χ0n) is 13.7. The Morgan fingerprint density at radius 3 is 2.24 bits per heavy atom. The summed E-state index contributed by atoms with van der Waals surface area (Å²) in [5.41, 5.74) is 1.23. The molecule has 0 atom stereocenters. The van der Waals surface area contributed by atoms with Gasteiger partial charge in [0.05, 0.1) is 0 Å². The number of nitrogens with zero attached hydrogens (tertiary/aromatic N) is 3. The Bertz CT molecular complexity index is 899. The van der Waals surface area contributed by atoms with Crippen LogP contribution in [0.3, 0.4) is 0 Å². The number of aryl methyl sites for hydroxylation is 1. The first-order chi connectivity index (χ1) is 12.2. The van der Waals surface area contributed by atoms with E-state index in [1.54, 1.807) is 60.4 Å². The van der Waals surface area contributed by atoms with Gasteiger partial charge >= 0.3 is 0 Å². The van der Waals surface area contributed by atoms with Gasteiger partial charge in [0.1, 0.15) is 0 Å². The summed E-state index contributed by atoms with van der Waals surface area (Å²) in [6.07, 6.45) is 6.15. The van der Waals surface area contributed by atoms with Crippen LogP contribution in [0, 0.1) is 0 Å². The standard InChI is InChI=1S/C20H17N3O2/c1-22-15-13-21-19(22)20(25)23(17-10-6-3-7-11-17)14-12-18(24)16-8-4-2-5-9-16/h2-15H,1H3/b14-12+. The second-order valence-corrected chi connectivity index (χ2v) is 5.42. The van der Waals surface area contributed by atoms with Crippen molar-refractivity contribution in [3.05, 3.63) is 96.7 Å². The van der Waals surface area contributed by atoms with Crippen molar-refractivity contribution in [3.63, 3.8) is 0 Å². The molecule has 0 fully saturated rings. The smallest absolute Gasteiger partial charge is 0.298 e. The highest BCUT2D eigenvalue weighted by Crippen LogP contribution is 2.17. The van der Waals surface area contributed by atoms with E-state index in [-0.39, 0.29) is 11.7 Å². The first-order valence-corrected chi connectivity index (χ1v) is 7.80. The largest absolute Gasteiger partial charge is 0.330 e. The molecular weight excluding hydrogens is 314 g/mol. The molecular formula is C20H17N3O2. The third-order valence-electron chi connectivity index (χ3n) is 3.70. The maximum Gasteiger partial charge on any atom is 0.298 e. The van der Waals surface area contributed by atoms with Gasteiger partial charge in [0, 0.05) is 43.0 Å². The second-order valence-electron chi connectivity index (χ2n) is 5.42. The van der Waals surface area contributed by atoms with Gasteiger partial charge < -0.3 is 4.57 Å². The molecule has 1 aromatic heterocycles. The van der Waals surface area contributed by atoms with Crippen LogP contribution < -0.4 is 4.90 Å². The molecule has 2 aromatic carbocycles. The summed E-state index contributed by atoms with van der Waals surface area (Å²) in [6.45, 7) is 0. The van der Waals surface area contributed by atoms with Crippen LogP contribution in [-0.4, -0.2) is 21.2 Å². The van der Waals surface area contributed by atoms with Crippen LogP contribution in [0.4, 0.5) is 5.69 Å². The van der Waals surface area contributed by atoms with Crippen LogP contribution in [-0.2, 0) is 7.05 Å². The van der Waals surface area contributed by atoms with E-state index in [0.29, 0.717) is 17.1 Å². The molecule has 1 heterocycles. The Balaban J connectivity index is 1.92. The Morgan fingerprint density at radius 2 is 1.64 bits per heavy atom. The number of benzene rings is 2. The van der Waals surface area contributed by atoms with Crippen LogP contribution in [0.1, 0.15) is 21.0 Å². The number of amides is 1. The molecule has 0 N–H and O–H groups in total. The molecule has 0 spiro atoms. The highest BCUT2D eigenvalue weighted by atomic mass is 16.2. The number of para-hydroxylation sites is 1. The highest BCUT2D eigenvalue weighted by Gasteiger charge is 2.19. The first kappa shape index (κ1) is 16.4. The third-order valence-corrected chi connectivity index (χ3v) is 3.70. The summed E-state index contributed by atoms with van der Waals surface area (Å²) in [7, 11) is 1.75. The minimum absolute atomic E-state index is 0.172. The number of rotatable bonds is 5. The maximum atomic E-state index is 12.9. The summed E-state index contributed by atoms with van der Waals surface area (Å²) in [4.78, 5) is 30.7. The van der Waals surface area contributed by atoms with Crippen LogP contribution in [0.2, 0.25) is 0 Å². The van der Waals surface area contributed by atoms with Gasteiger partial charge in [-0.2, -0.15) is 0 Å². The van der Waals surface area contributed by atoms with E-state index in [0.717, 1.165) is 0 Å². The van der Waals surface area contributed by atoms with E-state index >= 15 is 0 Å². The van der Waals surface area contributed by atoms with Crippen molar-refractivity contribution < 1.29 is 9.59 Å². The number of allylic oxidation sites excluding steroid dienone is 1. The second kappa shape index (κ2) is 7.40. The molecule has 124 valence electrons. The summed E-state index contributed by atoms with van der Waals surface area (Å²) in [5, 5.41) is 0. The lowest BCUT2D eigenvalue weighted by atomic mass is 10.1. The van der Waals surface area contributed by atoms with Crippen molar-refractivity contribution in [2.24, 2.45) is 7.05 Å².